The molecule has 0 saturated heterocycles. The van der Waals surface area contributed by atoms with Gasteiger partial charge in [0.15, 0.2) is 0 Å². The first-order valence-corrected chi connectivity index (χ1v) is 3.88. The lowest BCUT2D eigenvalue weighted by Gasteiger charge is -2.02. The molecule has 0 fully saturated rings. The van der Waals surface area contributed by atoms with Crippen LogP contribution in [0.25, 0.3) is 0 Å². The van der Waals surface area contributed by atoms with E-state index in [1.807, 2.05) is 0 Å². The van der Waals surface area contributed by atoms with Gasteiger partial charge in [-0.15, -0.1) is 12.6 Å². The molecule has 0 spiro atoms. The van der Waals surface area contributed by atoms with Gasteiger partial charge in [-0.05, 0) is 28.1 Å². The monoisotopic (exact) mass is 218 g/mol. The third-order valence-corrected chi connectivity index (χ3v) is 2.55. The zero-order valence-electron chi connectivity index (χ0n) is 5.13. The fourth-order valence-corrected chi connectivity index (χ4v) is 1.26. The number of hydrogen-bond donors (Lipinski definition) is 3. The molecule has 0 radical (unpaired) electrons. The fourth-order valence-electron chi connectivity index (χ4n) is 0.642. The summed E-state index contributed by atoms with van der Waals surface area (Å²) >= 11 is 7.39. The molecule has 2 nitrogen and oxygen atoms in total. The summed E-state index contributed by atoms with van der Waals surface area (Å²) < 4.78 is 0.827. The van der Waals surface area contributed by atoms with Crippen LogP contribution in [-0.4, -0.2) is 0 Å². The highest BCUT2D eigenvalue weighted by Gasteiger charge is 1.99. The number of hydrogen-bond acceptors (Lipinski definition) is 3. The minimum Gasteiger partial charge on any atom is -0.399 e. The molecule has 0 aliphatic heterocycles. The maximum Gasteiger partial charge on any atom is 0.0481 e. The van der Waals surface area contributed by atoms with Gasteiger partial charge in [-0.1, -0.05) is 0 Å². The Kier molecular flexibility index (Phi) is 2.11. The molecule has 1 aromatic carbocycles. The van der Waals surface area contributed by atoms with Crippen molar-refractivity contribution in [3.05, 3.63) is 16.6 Å². The van der Waals surface area contributed by atoms with Crippen LogP contribution in [0.3, 0.4) is 0 Å². The van der Waals surface area contributed by atoms with Crippen molar-refractivity contribution in [1.82, 2.24) is 0 Å². The van der Waals surface area contributed by atoms with Crippen LogP contribution in [0.15, 0.2) is 21.5 Å². The second kappa shape index (κ2) is 2.72. The standard InChI is InChI=1S/C6H7BrN2S/c7-4-1-3(8)2-5(9)6(4)10/h1-2,10H,8-9H2. The van der Waals surface area contributed by atoms with E-state index in [2.05, 4.69) is 28.6 Å². The van der Waals surface area contributed by atoms with Crippen LogP contribution >= 0.6 is 28.6 Å². The van der Waals surface area contributed by atoms with Gasteiger partial charge in [0.2, 0.25) is 0 Å². The van der Waals surface area contributed by atoms with E-state index in [0.29, 0.717) is 11.4 Å². The Bertz CT molecular complexity index is 239. The molecule has 1 rings (SSSR count). The van der Waals surface area contributed by atoms with Gasteiger partial charge in [-0.3, -0.25) is 0 Å². The number of rotatable bonds is 0. The number of benzene rings is 1. The molecule has 0 aromatic heterocycles. The molecular weight excluding hydrogens is 212 g/mol. The molecule has 0 aliphatic rings. The van der Waals surface area contributed by atoms with Gasteiger partial charge in [0.1, 0.15) is 0 Å². The SMILES string of the molecule is Nc1cc(N)c(S)c(Br)c1. The maximum absolute atomic E-state index is 5.54. The van der Waals surface area contributed by atoms with E-state index in [4.69, 9.17) is 11.5 Å². The quantitative estimate of drug-likeness (QED) is 0.461. The Balaban J connectivity index is 3.31. The van der Waals surface area contributed by atoms with Crippen molar-refractivity contribution >= 4 is 39.9 Å². The number of halogens is 1. The zero-order chi connectivity index (χ0) is 7.72. The molecule has 0 atom stereocenters. The molecule has 54 valence electrons. The van der Waals surface area contributed by atoms with E-state index in [1.54, 1.807) is 12.1 Å². The minimum absolute atomic E-state index is 0.593. The highest BCUT2D eigenvalue weighted by molar-refractivity contribution is 9.10. The van der Waals surface area contributed by atoms with Crippen LogP contribution in [-0.2, 0) is 0 Å². The lowest BCUT2D eigenvalue weighted by Crippen LogP contribution is -1.91. The molecule has 0 unspecified atom stereocenters. The van der Waals surface area contributed by atoms with Crippen LogP contribution in [0.4, 0.5) is 11.4 Å². The molecule has 4 heteroatoms. The van der Waals surface area contributed by atoms with E-state index in [9.17, 15) is 0 Å². The average Bonchev–Trinajstić information content (AvgIpc) is 1.82. The van der Waals surface area contributed by atoms with Crippen LogP contribution in [0, 0.1) is 0 Å². The molecule has 0 heterocycles. The topological polar surface area (TPSA) is 52.0 Å². The van der Waals surface area contributed by atoms with E-state index in [1.165, 1.54) is 0 Å². The second-order valence-corrected chi connectivity index (χ2v) is 3.24. The summed E-state index contributed by atoms with van der Waals surface area (Å²) in [5.41, 5.74) is 12.3. The third-order valence-electron chi connectivity index (χ3n) is 1.12. The number of nitrogen functional groups attached to an aromatic ring is 2. The Hall–Kier alpha value is -0.350. The normalized spacial score (nSPS) is 9.80. The Labute approximate surface area is 73.1 Å². The van der Waals surface area contributed by atoms with Gasteiger partial charge in [0, 0.05) is 20.7 Å². The lowest BCUT2D eigenvalue weighted by molar-refractivity contribution is 1.42. The highest BCUT2D eigenvalue weighted by Crippen LogP contribution is 2.28. The van der Waals surface area contributed by atoms with Crippen molar-refractivity contribution in [2.24, 2.45) is 0 Å². The first-order chi connectivity index (χ1) is 4.61. The molecule has 0 bridgehead atoms. The summed E-state index contributed by atoms with van der Waals surface area (Å²) in [4.78, 5) is 0.731. The molecule has 1 aromatic rings. The van der Waals surface area contributed by atoms with Crippen molar-refractivity contribution < 1.29 is 0 Å². The van der Waals surface area contributed by atoms with Gasteiger partial charge in [-0.25, -0.2) is 0 Å². The Morgan fingerprint density at radius 2 is 1.90 bits per heavy atom. The first kappa shape index (κ1) is 7.75. The van der Waals surface area contributed by atoms with Crippen molar-refractivity contribution in [2.75, 3.05) is 11.5 Å². The van der Waals surface area contributed by atoms with Gasteiger partial charge in [0.25, 0.3) is 0 Å². The van der Waals surface area contributed by atoms with Gasteiger partial charge >= 0.3 is 0 Å². The summed E-state index contributed by atoms with van der Waals surface area (Å²) in [6, 6.07) is 3.44. The first-order valence-electron chi connectivity index (χ1n) is 2.64. The Morgan fingerprint density at radius 1 is 1.30 bits per heavy atom. The van der Waals surface area contributed by atoms with Gasteiger partial charge in [0.05, 0.1) is 0 Å². The van der Waals surface area contributed by atoms with Crippen LogP contribution in [0.2, 0.25) is 0 Å². The molecule has 0 amide bonds. The molecule has 4 N–H and O–H groups in total. The molecule has 0 saturated carbocycles. The summed E-state index contributed by atoms with van der Waals surface area (Å²) in [5.74, 6) is 0. The lowest BCUT2D eigenvalue weighted by atomic mass is 10.3. The van der Waals surface area contributed by atoms with Crippen molar-refractivity contribution in [3.8, 4) is 0 Å². The summed E-state index contributed by atoms with van der Waals surface area (Å²) in [5, 5.41) is 0. The minimum atomic E-state index is 0.593. The number of thiol groups is 1. The number of nitrogens with two attached hydrogens (primary N) is 2. The summed E-state index contributed by atoms with van der Waals surface area (Å²) in [7, 11) is 0. The van der Waals surface area contributed by atoms with E-state index < -0.39 is 0 Å². The maximum atomic E-state index is 5.54. The van der Waals surface area contributed by atoms with Crippen molar-refractivity contribution in [2.45, 2.75) is 4.90 Å². The van der Waals surface area contributed by atoms with Crippen LogP contribution in [0.1, 0.15) is 0 Å². The predicted octanol–water partition coefficient (Wildman–Crippen LogP) is 1.90. The average molecular weight is 219 g/mol. The molecule has 10 heavy (non-hydrogen) atoms. The van der Waals surface area contributed by atoms with Crippen molar-refractivity contribution in [3.63, 3.8) is 0 Å². The molecular formula is C6H7BrN2S. The predicted molar refractivity (Wildman–Crippen MR) is 50.2 cm³/mol. The Morgan fingerprint density at radius 3 is 2.40 bits per heavy atom. The van der Waals surface area contributed by atoms with Crippen molar-refractivity contribution in [1.29, 1.82) is 0 Å². The molecule has 0 aliphatic carbocycles. The zero-order valence-corrected chi connectivity index (χ0v) is 7.62. The van der Waals surface area contributed by atoms with E-state index in [0.717, 1.165) is 9.37 Å². The van der Waals surface area contributed by atoms with Gasteiger partial charge < -0.3 is 11.5 Å². The van der Waals surface area contributed by atoms with E-state index in [-0.39, 0.29) is 0 Å². The number of anilines is 2. The van der Waals surface area contributed by atoms with Crippen LogP contribution < -0.4 is 11.5 Å². The third kappa shape index (κ3) is 1.38. The second-order valence-electron chi connectivity index (χ2n) is 1.94. The summed E-state index contributed by atoms with van der Waals surface area (Å²) in [6.45, 7) is 0. The van der Waals surface area contributed by atoms with E-state index >= 15 is 0 Å². The highest BCUT2D eigenvalue weighted by atomic mass is 79.9. The smallest absolute Gasteiger partial charge is 0.0481 e. The largest absolute Gasteiger partial charge is 0.399 e. The summed E-state index contributed by atoms with van der Waals surface area (Å²) in [6.07, 6.45) is 0. The van der Waals surface area contributed by atoms with Gasteiger partial charge in [-0.2, -0.15) is 0 Å². The fraction of sp³-hybridized carbons (Fsp3) is 0. The van der Waals surface area contributed by atoms with Crippen LogP contribution in [0.5, 0.6) is 0 Å².